The van der Waals surface area contributed by atoms with Crippen LogP contribution in [0.4, 0.5) is 13.2 Å². The SMILES string of the molecule is CC(C)(C)[S+]([O-])N[C@@](C)(C[C@@H](O)C(F)(F)F)c1sccc1Cl. The largest absolute Gasteiger partial charge is 0.598 e. The maximum atomic E-state index is 12.7. The third-order valence-electron chi connectivity index (χ3n) is 2.97. The van der Waals surface area contributed by atoms with Crippen LogP contribution in [-0.2, 0) is 16.9 Å². The lowest BCUT2D eigenvalue weighted by Crippen LogP contribution is -2.52. The van der Waals surface area contributed by atoms with Crippen LogP contribution in [0.3, 0.4) is 0 Å². The van der Waals surface area contributed by atoms with E-state index in [4.69, 9.17) is 11.6 Å². The molecule has 0 radical (unpaired) electrons. The molecule has 1 rings (SSSR count). The Morgan fingerprint density at radius 2 is 1.91 bits per heavy atom. The van der Waals surface area contributed by atoms with Gasteiger partial charge in [-0.25, -0.2) is 0 Å². The lowest BCUT2D eigenvalue weighted by Gasteiger charge is -2.36. The molecule has 0 spiro atoms. The minimum Gasteiger partial charge on any atom is -0.598 e. The molecule has 2 N–H and O–H groups in total. The molecule has 1 aromatic heterocycles. The number of thiophene rings is 1. The van der Waals surface area contributed by atoms with Gasteiger partial charge in [0.05, 0.1) is 10.6 Å². The number of nitrogens with one attached hydrogen (secondary N) is 1. The van der Waals surface area contributed by atoms with Crippen LogP contribution >= 0.6 is 22.9 Å². The van der Waals surface area contributed by atoms with Crippen LogP contribution in [0.5, 0.6) is 0 Å². The molecule has 1 heterocycles. The Hall–Kier alpha value is 0.01000. The van der Waals surface area contributed by atoms with Gasteiger partial charge in [-0.2, -0.15) is 13.2 Å². The molecule has 0 aliphatic rings. The predicted molar refractivity (Wildman–Crippen MR) is 84.4 cm³/mol. The lowest BCUT2D eigenvalue weighted by molar-refractivity contribution is -0.209. The van der Waals surface area contributed by atoms with Gasteiger partial charge in [-0.1, -0.05) is 11.6 Å². The number of rotatable bonds is 5. The van der Waals surface area contributed by atoms with Crippen molar-refractivity contribution in [2.45, 2.75) is 56.7 Å². The van der Waals surface area contributed by atoms with E-state index in [2.05, 4.69) is 4.72 Å². The molecule has 22 heavy (non-hydrogen) atoms. The van der Waals surface area contributed by atoms with Crippen molar-refractivity contribution in [1.29, 1.82) is 0 Å². The number of halogens is 4. The quantitative estimate of drug-likeness (QED) is 0.763. The standard InChI is InChI=1S/C13H19ClF3NO2S2/c1-11(2,3)22(20)18-12(4,7-9(19)13(15,16)17)10-8(14)5-6-21-10/h5-6,9,18-19H,7H2,1-4H3/t9-,12+,22?/m1/s1. The van der Waals surface area contributed by atoms with Crippen LogP contribution in [0.25, 0.3) is 0 Å². The molecule has 128 valence electrons. The first kappa shape index (κ1) is 20.1. The van der Waals surface area contributed by atoms with Gasteiger partial charge in [0.25, 0.3) is 0 Å². The second-order valence-corrected chi connectivity index (χ2v) is 9.46. The maximum absolute atomic E-state index is 12.7. The zero-order valence-corrected chi connectivity index (χ0v) is 15.0. The molecule has 9 heteroatoms. The third kappa shape index (κ3) is 5.01. The zero-order valence-electron chi connectivity index (χ0n) is 12.6. The molecule has 0 saturated carbocycles. The van der Waals surface area contributed by atoms with Crippen molar-refractivity contribution in [3.05, 3.63) is 21.3 Å². The van der Waals surface area contributed by atoms with E-state index in [-0.39, 0.29) is 5.02 Å². The highest BCUT2D eigenvalue weighted by molar-refractivity contribution is 7.90. The summed E-state index contributed by atoms with van der Waals surface area (Å²) in [6.07, 6.45) is -7.98. The molecular formula is C13H19ClF3NO2S2. The summed E-state index contributed by atoms with van der Waals surface area (Å²) in [6, 6.07) is 1.56. The Morgan fingerprint density at radius 1 is 1.36 bits per heavy atom. The van der Waals surface area contributed by atoms with Crippen molar-refractivity contribution in [2.75, 3.05) is 0 Å². The van der Waals surface area contributed by atoms with E-state index in [1.165, 1.54) is 6.92 Å². The smallest absolute Gasteiger partial charge is 0.414 e. The van der Waals surface area contributed by atoms with Crippen LogP contribution in [0, 0.1) is 0 Å². The average Bonchev–Trinajstić information content (AvgIpc) is 2.73. The highest BCUT2D eigenvalue weighted by Gasteiger charge is 2.47. The van der Waals surface area contributed by atoms with Gasteiger partial charge in [-0.15, -0.1) is 16.1 Å². The van der Waals surface area contributed by atoms with Crippen LogP contribution in [0.15, 0.2) is 11.4 Å². The van der Waals surface area contributed by atoms with Crippen molar-refractivity contribution in [3.63, 3.8) is 0 Å². The fourth-order valence-corrected chi connectivity index (χ4v) is 4.09. The number of aliphatic hydroxyl groups is 1. The second-order valence-electron chi connectivity index (χ2n) is 6.17. The van der Waals surface area contributed by atoms with E-state index in [9.17, 15) is 22.8 Å². The first-order valence-corrected chi connectivity index (χ1v) is 8.86. The minimum absolute atomic E-state index is 0.278. The Balaban J connectivity index is 3.14. The van der Waals surface area contributed by atoms with Crippen molar-refractivity contribution in [3.8, 4) is 0 Å². The maximum Gasteiger partial charge on any atom is 0.414 e. The molecule has 0 aliphatic carbocycles. The molecule has 0 bridgehead atoms. The Bertz CT molecular complexity index is 480. The van der Waals surface area contributed by atoms with Gasteiger partial charge in [0, 0.05) is 22.7 Å². The summed E-state index contributed by atoms with van der Waals surface area (Å²) < 4.78 is 52.5. The summed E-state index contributed by atoms with van der Waals surface area (Å²) in [5, 5.41) is 11.3. The Labute approximate surface area is 140 Å². The van der Waals surface area contributed by atoms with Crippen LogP contribution in [0.2, 0.25) is 5.02 Å². The molecule has 1 aromatic rings. The molecule has 0 aliphatic heterocycles. The molecule has 0 fully saturated rings. The topological polar surface area (TPSA) is 55.3 Å². The summed E-state index contributed by atoms with van der Waals surface area (Å²) in [5.74, 6) is 0. The summed E-state index contributed by atoms with van der Waals surface area (Å²) in [6.45, 7) is 6.57. The Kier molecular flexibility index (Phi) is 6.26. The zero-order chi connectivity index (χ0) is 17.3. The van der Waals surface area contributed by atoms with E-state index >= 15 is 0 Å². The fourth-order valence-electron chi connectivity index (χ4n) is 1.73. The van der Waals surface area contributed by atoms with Gasteiger partial charge in [0.1, 0.15) is 4.75 Å². The van der Waals surface area contributed by atoms with Gasteiger partial charge < -0.3 is 9.66 Å². The summed E-state index contributed by atoms with van der Waals surface area (Å²) in [7, 11) is 0. The van der Waals surface area contributed by atoms with Crippen molar-refractivity contribution >= 4 is 34.3 Å². The molecular weight excluding hydrogens is 359 g/mol. The molecule has 1 unspecified atom stereocenters. The van der Waals surface area contributed by atoms with E-state index in [1.54, 1.807) is 32.2 Å². The number of hydrogen-bond donors (Lipinski definition) is 2. The monoisotopic (exact) mass is 377 g/mol. The van der Waals surface area contributed by atoms with Gasteiger partial charge in [-0.3, -0.25) is 0 Å². The highest BCUT2D eigenvalue weighted by Crippen LogP contribution is 2.40. The number of aliphatic hydroxyl groups excluding tert-OH is 1. The third-order valence-corrected chi connectivity index (χ3v) is 6.33. The summed E-state index contributed by atoms with van der Waals surface area (Å²) >= 11 is 5.56. The minimum atomic E-state index is -4.75. The first-order valence-electron chi connectivity index (χ1n) is 6.45. The fraction of sp³-hybridized carbons (Fsp3) is 0.692. The lowest BCUT2D eigenvalue weighted by atomic mass is 9.93. The molecule has 0 saturated heterocycles. The normalized spacial score (nSPS) is 18.8. The van der Waals surface area contributed by atoms with E-state index in [0.29, 0.717) is 4.88 Å². The van der Waals surface area contributed by atoms with Crippen molar-refractivity contribution in [1.82, 2.24) is 4.72 Å². The first-order chi connectivity index (χ1) is 9.77. The Morgan fingerprint density at radius 3 is 2.27 bits per heavy atom. The van der Waals surface area contributed by atoms with Gasteiger partial charge in [0.15, 0.2) is 6.10 Å². The predicted octanol–water partition coefficient (Wildman–Crippen LogP) is 3.98. The summed E-state index contributed by atoms with van der Waals surface area (Å²) in [4.78, 5) is 0.412. The van der Waals surface area contributed by atoms with Crippen molar-refractivity contribution in [2.24, 2.45) is 0 Å². The summed E-state index contributed by atoms with van der Waals surface area (Å²) in [5.41, 5.74) is -1.36. The van der Waals surface area contributed by atoms with Gasteiger partial charge >= 0.3 is 6.18 Å². The highest BCUT2D eigenvalue weighted by atomic mass is 35.5. The average molecular weight is 378 g/mol. The number of alkyl halides is 3. The van der Waals surface area contributed by atoms with Crippen LogP contribution in [-0.4, -0.2) is 26.7 Å². The van der Waals surface area contributed by atoms with Gasteiger partial charge in [0.2, 0.25) is 0 Å². The van der Waals surface area contributed by atoms with Crippen molar-refractivity contribution < 1.29 is 22.8 Å². The van der Waals surface area contributed by atoms with E-state index in [1.807, 2.05) is 0 Å². The van der Waals surface area contributed by atoms with E-state index < -0.39 is 40.3 Å². The van der Waals surface area contributed by atoms with Crippen LogP contribution in [0.1, 0.15) is 39.0 Å². The molecule has 0 amide bonds. The van der Waals surface area contributed by atoms with E-state index in [0.717, 1.165) is 11.3 Å². The van der Waals surface area contributed by atoms with Gasteiger partial charge in [-0.05, 0) is 39.1 Å². The molecule has 3 atom stereocenters. The second kappa shape index (κ2) is 6.86. The molecule has 3 nitrogen and oxygen atoms in total. The molecule has 0 aromatic carbocycles. The number of hydrogen-bond acceptors (Lipinski definition) is 4. The van der Waals surface area contributed by atoms with Crippen LogP contribution < -0.4 is 4.72 Å².